The van der Waals surface area contributed by atoms with Crippen LogP contribution in [0.15, 0.2) is 29.2 Å². The molecule has 7 heteroatoms. The minimum Gasteiger partial charge on any atom is -0.457 e. The average molecular weight is 368 g/mol. The monoisotopic (exact) mass is 368 g/mol. The Labute approximate surface area is 151 Å². The minimum absolute atomic E-state index is 0.0527. The third kappa shape index (κ3) is 5.54. The van der Waals surface area contributed by atoms with Gasteiger partial charge in [-0.15, -0.1) is 0 Å². The zero-order valence-corrected chi connectivity index (χ0v) is 15.4. The predicted molar refractivity (Wildman–Crippen MR) is 93.2 cm³/mol. The van der Waals surface area contributed by atoms with Gasteiger partial charge in [0.25, 0.3) is 0 Å². The van der Waals surface area contributed by atoms with Crippen molar-refractivity contribution in [2.45, 2.75) is 68.4 Å². The number of hydrogen-bond acceptors (Lipinski definition) is 7. The highest BCUT2D eigenvalue weighted by atomic mass is 32.2. The molecule has 0 spiro atoms. The van der Waals surface area contributed by atoms with E-state index in [9.17, 15) is 19.8 Å². The van der Waals surface area contributed by atoms with E-state index in [1.54, 1.807) is 6.92 Å². The molecule has 1 aliphatic heterocycles. The topological polar surface area (TPSA) is 93.1 Å². The van der Waals surface area contributed by atoms with Gasteiger partial charge in [0.15, 0.2) is 6.10 Å². The summed E-state index contributed by atoms with van der Waals surface area (Å²) in [6.45, 7) is 5.06. The molecule has 0 amide bonds. The van der Waals surface area contributed by atoms with E-state index in [4.69, 9.17) is 9.47 Å². The molecule has 6 nitrogen and oxygen atoms in total. The van der Waals surface area contributed by atoms with Gasteiger partial charge in [0.05, 0.1) is 12.5 Å². The normalized spacial score (nSPS) is 29.2. The van der Waals surface area contributed by atoms with Gasteiger partial charge in [-0.25, -0.2) is 0 Å². The number of ketones is 1. The minimum atomic E-state index is -1.26. The van der Waals surface area contributed by atoms with Crippen molar-refractivity contribution >= 4 is 23.5 Å². The van der Waals surface area contributed by atoms with Crippen LogP contribution in [0, 0.1) is 6.92 Å². The first-order valence-electron chi connectivity index (χ1n) is 8.21. The summed E-state index contributed by atoms with van der Waals surface area (Å²) in [7, 11) is 0. The van der Waals surface area contributed by atoms with Crippen LogP contribution in [0.4, 0.5) is 0 Å². The highest BCUT2D eigenvalue weighted by Gasteiger charge is 2.45. The fraction of sp³-hybridized carbons (Fsp3) is 0.556. The lowest BCUT2D eigenvalue weighted by molar-refractivity contribution is -0.211. The number of hydrogen-bond donors (Lipinski definition) is 2. The number of aliphatic hydroxyl groups is 2. The van der Waals surface area contributed by atoms with Crippen LogP contribution in [0.3, 0.4) is 0 Å². The Kier molecular flexibility index (Phi) is 7.01. The molecule has 1 heterocycles. The van der Waals surface area contributed by atoms with Crippen LogP contribution in [0.1, 0.15) is 32.3 Å². The lowest BCUT2D eigenvalue weighted by Gasteiger charge is -2.40. The van der Waals surface area contributed by atoms with Gasteiger partial charge in [-0.1, -0.05) is 29.5 Å². The molecule has 0 unspecified atom stereocenters. The summed E-state index contributed by atoms with van der Waals surface area (Å²) in [5.41, 5.74) is 0.459. The molecule has 0 radical (unpaired) electrons. The average Bonchev–Trinajstić information content (AvgIpc) is 2.56. The molecule has 25 heavy (non-hydrogen) atoms. The number of carbonyl (C=O) groups is 2. The lowest BCUT2D eigenvalue weighted by atomic mass is 10.0. The maximum absolute atomic E-state index is 11.8. The number of rotatable bonds is 6. The molecule has 1 aromatic carbocycles. The van der Waals surface area contributed by atoms with Crippen LogP contribution in [0.5, 0.6) is 0 Å². The molecule has 1 fully saturated rings. The predicted octanol–water partition coefficient (Wildman–Crippen LogP) is 1.83. The van der Waals surface area contributed by atoms with Crippen LogP contribution in [-0.4, -0.2) is 51.8 Å². The number of aliphatic hydroxyl groups excluding tert-OH is 2. The maximum Gasteiger partial charge on any atom is 0.306 e. The van der Waals surface area contributed by atoms with E-state index in [0.29, 0.717) is 0 Å². The maximum atomic E-state index is 11.8. The molecule has 138 valence electrons. The third-order valence-electron chi connectivity index (χ3n) is 4.00. The summed E-state index contributed by atoms with van der Waals surface area (Å²) in [5, 5.41) is 20.7. The van der Waals surface area contributed by atoms with Crippen LogP contribution in [0.2, 0.25) is 0 Å². The fourth-order valence-electron chi connectivity index (χ4n) is 2.51. The Balaban J connectivity index is 1.96. The first-order valence-corrected chi connectivity index (χ1v) is 9.09. The van der Waals surface area contributed by atoms with E-state index in [1.165, 1.54) is 18.7 Å². The van der Waals surface area contributed by atoms with Crippen LogP contribution >= 0.6 is 11.8 Å². The van der Waals surface area contributed by atoms with Gasteiger partial charge in [0.2, 0.25) is 0 Å². The lowest BCUT2D eigenvalue weighted by Crippen LogP contribution is -2.57. The second-order valence-electron chi connectivity index (χ2n) is 6.28. The van der Waals surface area contributed by atoms with E-state index < -0.39 is 35.8 Å². The van der Waals surface area contributed by atoms with Crippen LogP contribution in [-0.2, 0) is 19.1 Å². The smallest absolute Gasteiger partial charge is 0.306 e. The van der Waals surface area contributed by atoms with Gasteiger partial charge in [-0.3, -0.25) is 4.79 Å². The highest BCUT2D eigenvalue weighted by molar-refractivity contribution is 7.99. The summed E-state index contributed by atoms with van der Waals surface area (Å²) in [6.07, 6.45) is -3.97. The Hall–Kier alpha value is -1.41. The third-order valence-corrected chi connectivity index (χ3v) is 5.17. The van der Waals surface area contributed by atoms with Crippen molar-refractivity contribution in [3.05, 3.63) is 29.8 Å². The fourth-order valence-corrected chi connectivity index (χ4v) is 3.60. The van der Waals surface area contributed by atoms with Crippen LogP contribution in [0.25, 0.3) is 0 Å². The molecular formula is C18H24O6S. The van der Waals surface area contributed by atoms with Gasteiger partial charge < -0.3 is 24.5 Å². The number of thioether (sulfide) groups is 1. The van der Waals surface area contributed by atoms with Gasteiger partial charge in [-0.2, -0.15) is 0 Å². The van der Waals surface area contributed by atoms with Crippen molar-refractivity contribution in [3.63, 3.8) is 0 Å². The summed E-state index contributed by atoms with van der Waals surface area (Å²) >= 11 is 1.31. The van der Waals surface area contributed by atoms with Crippen molar-refractivity contribution in [3.8, 4) is 0 Å². The van der Waals surface area contributed by atoms with E-state index in [2.05, 4.69) is 0 Å². The number of carbonyl (C=O) groups excluding carboxylic acids is 2. The molecule has 1 saturated heterocycles. The summed E-state index contributed by atoms with van der Waals surface area (Å²) in [6, 6.07) is 7.75. The second-order valence-corrected chi connectivity index (χ2v) is 7.45. The van der Waals surface area contributed by atoms with Crippen molar-refractivity contribution < 1.29 is 29.3 Å². The summed E-state index contributed by atoms with van der Waals surface area (Å²) < 4.78 is 11.0. The van der Waals surface area contributed by atoms with Gasteiger partial charge >= 0.3 is 5.97 Å². The number of Topliss-reactive ketones (excluding diaryl/α,β-unsaturated/α-hetero) is 1. The van der Waals surface area contributed by atoms with Crippen molar-refractivity contribution in [1.29, 1.82) is 0 Å². The SMILES string of the molecule is CC(=O)CCC(=O)O[C@@H]1[C@@H](O)[C@@H](O)[C@H](Sc2ccc(C)cc2)O[C@H]1C. The van der Waals surface area contributed by atoms with Gasteiger partial charge in [-0.05, 0) is 32.9 Å². The van der Waals surface area contributed by atoms with E-state index in [1.807, 2.05) is 31.2 Å². The van der Waals surface area contributed by atoms with Gasteiger partial charge in [0, 0.05) is 11.3 Å². The molecule has 2 rings (SSSR count). The molecule has 0 bridgehead atoms. The molecule has 0 aliphatic carbocycles. The molecule has 0 aromatic heterocycles. The van der Waals surface area contributed by atoms with Crippen LogP contribution < -0.4 is 0 Å². The summed E-state index contributed by atoms with van der Waals surface area (Å²) in [4.78, 5) is 23.6. The van der Waals surface area contributed by atoms with Crippen molar-refractivity contribution in [2.75, 3.05) is 0 Å². The van der Waals surface area contributed by atoms with Crippen molar-refractivity contribution in [1.82, 2.24) is 0 Å². The molecule has 1 aromatic rings. The quantitative estimate of drug-likeness (QED) is 0.740. The molecule has 1 aliphatic rings. The Morgan fingerprint density at radius 1 is 1.16 bits per heavy atom. The van der Waals surface area contributed by atoms with Crippen molar-refractivity contribution in [2.24, 2.45) is 0 Å². The van der Waals surface area contributed by atoms with Gasteiger partial charge in [0.1, 0.15) is 23.4 Å². The highest BCUT2D eigenvalue weighted by Crippen LogP contribution is 2.34. The Morgan fingerprint density at radius 3 is 2.40 bits per heavy atom. The molecule has 0 saturated carbocycles. The zero-order valence-electron chi connectivity index (χ0n) is 14.5. The largest absolute Gasteiger partial charge is 0.457 e. The second kappa shape index (κ2) is 8.80. The first-order chi connectivity index (χ1) is 11.8. The Morgan fingerprint density at radius 2 is 1.80 bits per heavy atom. The number of ether oxygens (including phenoxy) is 2. The summed E-state index contributed by atoms with van der Waals surface area (Å²) in [5.74, 6) is -0.702. The standard InChI is InChI=1S/C18H24O6S/c1-10-4-7-13(8-5-10)25-18-16(22)15(21)17(12(3)23-18)24-14(20)9-6-11(2)19/h4-5,7-8,12,15-18,21-22H,6,9H2,1-3H3/t12-,15-,16+,17-,18-/m0/s1. The Bertz CT molecular complexity index is 602. The zero-order chi connectivity index (χ0) is 18.6. The molecular weight excluding hydrogens is 344 g/mol. The molecule has 5 atom stereocenters. The first kappa shape index (κ1) is 19.9. The number of esters is 1. The molecule has 2 N–H and O–H groups in total. The number of aryl methyl sites for hydroxylation is 1. The van der Waals surface area contributed by atoms with E-state index in [0.717, 1.165) is 10.5 Å². The number of benzene rings is 1. The van der Waals surface area contributed by atoms with E-state index >= 15 is 0 Å². The van der Waals surface area contributed by atoms with E-state index in [-0.39, 0.29) is 18.6 Å².